The summed E-state index contributed by atoms with van der Waals surface area (Å²) in [4.78, 5) is 20.0. The Labute approximate surface area is 200 Å². The molecule has 2 fully saturated rings. The number of pyridine rings is 1. The van der Waals surface area contributed by atoms with E-state index in [0.29, 0.717) is 36.0 Å². The molecule has 3 N–H and O–H groups in total. The number of carbonyl (C=O) groups excluding carboxylic acids is 1. The third-order valence-electron chi connectivity index (χ3n) is 6.60. The number of rotatable bonds is 5. The fraction of sp³-hybridized carbons (Fsp3) is 0.500. The van der Waals surface area contributed by atoms with Gasteiger partial charge in [-0.05, 0) is 63.8 Å². The zero-order valence-corrected chi connectivity index (χ0v) is 20.8. The van der Waals surface area contributed by atoms with Gasteiger partial charge in [0, 0.05) is 36.8 Å². The highest BCUT2D eigenvalue weighted by Gasteiger charge is 2.40. The molecule has 2 aliphatic rings. The highest BCUT2D eigenvalue weighted by molar-refractivity contribution is 7.87. The molecule has 0 bridgehead atoms. The average molecular weight is 490 g/mol. The number of hydrogen-bond acceptors (Lipinski definition) is 6. The Hall–Kier alpha value is -2.56. The molecule has 2 atom stereocenters. The summed E-state index contributed by atoms with van der Waals surface area (Å²) in [7, 11) is -4.05. The van der Waals surface area contributed by atoms with Crippen molar-refractivity contribution in [2.45, 2.75) is 52.1 Å². The van der Waals surface area contributed by atoms with Gasteiger partial charge in [-0.25, -0.2) is 14.1 Å². The average Bonchev–Trinajstić information content (AvgIpc) is 3.31. The molecule has 184 valence electrons. The lowest BCUT2D eigenvalue weighted by atomic mass is 9.97. The van der Waals surface area contributed by atoms with E-state index in [4.69, 9.17) is 10.7 Å². The second-order valence-corrected chi connectivity index (χ2v) is 11.8. The van der Waals surface area contributed by atoms with Gasteiger partial charge in [0.1, 0.15) is 11.6 Å². The maximum atomic E-state index is 14.6. The molecule has 1 amide bonds. The number of nitrogens with zero attached hydrogens (tertiary/aromatic N) is 3. The Bertz CT molecular complexity index is 1220. The lowest BCUT2D eigenvalue weighted by Gasteiger charge is -2.34. The molecule has 0 spiro atoms. The predicted molar refractivity (Wildman–Crippen MR) is 130 cm³/mol. The quantitative estimate of drug-likeness (QED) is 0.669. The van der Waals surface area contributed by atoms with Crippen molar-refractivity contribution >= 4 is 21.9 Å². The maximum absolute atomic E-state index is 14.6. The van der Waals surface area contributed by atoms with Crippen LogP contribution in [0.1, 0.15) is 49.5 Å². The Morgan fingerprint density at radius 3 is 2.59 bits per heavy atom. The second kappa shape index (κ2) is 8.90. The number of aromatic nitrogens is 1. The van der Waals surface area contributed by atoms with Gasteiger partial charge < -0.3 is 10.6 Å². The highest BCUT2D eigenvalue weighted by Crippen LogP contribution is 2.38. The topological polar surface area (TPSA) is 109 Å². The van der Waals surface area contributed by atoms with Crippen LogP contribution in [-0.2, 0) is 10.2 Å². The minimum absolute atomic E-state index is 0.131. The van der Waals surface area contributed by atoms with E-state index in [1.54, 1.807) is 18.2 Å². The molecular weight excluding hydrogens is 457 g/mol. The van der Waals surface area contributed by atoms with Gasteiger partial charge in [-0.2, -0.15) is 12.7 Å². The molecule has 2 aliphatic heterocycles. The van der Waals surface area contributed by atoms with E-state index >= 15 is 0 Å². The van der Waals surface area contributed by atoms with Crippen LogP contribution in [0.25, 0.3) is 11.3 Å². The number of aryl methyl sites for hydroxylation is 1. The van der Waals surface area contributed by atoms with E-state index in [2.05, 4.69) is 25.5 Å². The molecule has 2 aromatic rings. The third-order valence-corrected chi connectivity index (χ3v) is 8.05. The van der Waals surface area contributed by atoms with Crippen LogP contribution < -0.4 is 15.4 Å². The summed E-state index contributed by atoms with van der Waals surface area (Å²) in [5.41, 5.74) is 7.26. The molecule has 0 aliphatic carbocycles. The molecule has 1 aromatic heterocycles. The summed E-state index contributed by atoms with van der Waals surface area (Å²) in [5, 5.41) is 0. The zero-order chi connectivity index (χ0) is 24.8. The van der Waals surface area contributed by atoms with E-state index < -0.39 is 21.9 Å². The van der Waals surface area contributed by atoms with Crippen molar-refractivity contribution in [3.63, 3.8) is 0 Å². The number of hydrogen-bond donors (Lipinski definition) is 2. The molecule has 10 heteroatoms. The van der Waals surface area contributed by atoms with Crippen LogP contribution in [0.2, 0.25) is 0 Å². The molecule has 0 saturated carbocycles. The zero-order valence-electron chi connectivity index (χ0n) is 20.0. The van der Waals surface area contributed by atoms with Crippen molar-refractivity contribution in [2.75, 3.05) is 24.5 Å². The minimum Gasteiger partial charge on any atom is -0.351 e. The molecule has 4 rings (SSSR count). The van der Waals surface area contributed by atoms with E-state index in [-0.39, 0.29) is 30.2 Å². The summed E-state index contributed by atoms with van der Waals surface area (Å²) in [6.07, 6.45) is 1.42. The molecule has 3 heterocycles. The Balaban J connectivity index is 1.76. The number of nitrogens with two attached hydrogens (primary N) is 1. The summed E-state index contributed by atoms with van der Waals surface area (Å²) >= 11 is 0. The normalized spacial score (nSPS) is 22.8. The van der Waals surface area contributed by atoms with Crippen molar-refractivity contribution < 1.29 is 17.6 Å². The fourth-order valence-corrected chi connectivity index (χ4v) is 6.19. The second-order valence-electron chi connectivity index (χ2n) is 10.1. The van der Waals surface area contributed by atoms with E-state index in [1.165, 1.54) is 16.4 Å². The van der Waals surface area contributed by atoms with Crippen LogP contribution in [0.15, 0.2) is 30.3 Å². The fourth-order valence-electron chi connectivity index (χ4n) is 4.99. The SMILES string of the molecule is Cc1ccc(F)c(-c2ccc(C(=O)NS(=O)(=O)N3CC[C@H](N)C3)c(N3C[C@@H](C)CC3(C)C)n2)c1. The van der Waals surface area contributed by atoms with Gasteiger partial charge in [0.15, 0.2) is 0 Å². The van der Waals surface area contributed by atoms with E-state index in [0.717, 1.165) is 12.0 Å². The molecule has 34 heavy (non-hydrogen) atoms. The molecule has 1 aromatic carbocycles. The molecule has 8 nitrogen and oxygen atoms in total. The number of benzene rings is 1. The molecule has 0 radical (unpaired) electrons. The van der Waals surface area contributed by atoms with E-state index in [1.807, 2.05) is 11.8 Å². The number of nitrogens with one attached hydrogen (secondary N) is 1. The third kappa shape index (κ3) is 4.80. The van der Waals surface area contributed by atoms with Crippen molar-refractivity contribution in [3.8, 4) is 11.3 Å². The highest BCUT2D eigenvalue weighted by atomic mass is 32.2. The summed E-state index contributed by atoms with van der Waals surface area (Å²) in [6.45, 7) is 9.17. The largest absolute Gasteiger partial charge is 0.351 e. The van der Waals surface area contributed by atoms with Crippen LogP contribution in [0.5, 0.6) is 0 Å². The first-order valence-electron chi connectivity index (χ1n) is 11.5. The first kappa shape index (κ1) is 24.6. The van der Waals surface area contributed by atoms with Crippen LogP contribution in [0.4, 0.5) is 10.2 Å². The van der Waals surface area contributed by atoms with Gasteiger partial charge in [-0.3, -0.25) is 4.79 Å². The first-order valence-corrected chi connectivity index (χ1v) is 12.9. The van der Waals surface area contributed by atoms with Crippen molar-refractivity contribution in [3.05, 3.63) is 47.3 Å². The lowest BCUT2D eigenvalue weighted by molar-refractivity contribution is 0.0979. The van der Waals surface area contributed by atoms with Gasteiger partial charge in [-0.1, -0.05) is 18.6 Å². The van der Waals surface area contributed by atoms with E-state index in [9.17, 15) is 17.6 Å². The maximum Gasteiger partial charge on any atom is 0.304 e. The summed E-state index contributed by atoms with van der Waals surface area (Å²) in [6, 6.07) is 7.61. The molecule has 0 unspecified atom stereocenters. The standard InChI is InChI=1S/C24H32FN5O3S/c1-15-5-7-20(25)19(11-15)21-8-6-18(22(27-21)30-13-16(2)12-24(30,3)4)23(31)28-34(32,33)29-10-9-17(26)14-29/h5-8,11,16-17H,9-10,12-14,26H2,1-4H3,(H,28,31)/t16-,17-/m0/s1. The van der Waals surface area contributed by atoms with Gasteiger partial charge >= 0.3 is 10.2 Å². The smallest absolute Gasteiger partial charge is 0.304 e. The minimum atomic E-state index is -4.05. The van der Waals surface area contributed by atoms with Crippen molar-refractivity contribution in [1.29, 1.82) is 0 Å². The Morgan fingerprint density at radius 2 is 1.97 bits per heavy atom. The Kier molecular flexibility index (Phi) is 6.43. The lowest BCUT2D eigenvalue weighted by Crippen LogP contribution is -2.44. The van der Waals surface area contributed by atoms with Crippen LogP contribution in [0.3, 0.4) is 0 Å². The number of carbonyl (C=O) groups is 1. The summed E-state index contributed by atoms with van der Waals surface area (Å²) < 4.78 is 43.6. The van der Waals surface area contributed by atoms with Crippen LogP contribution in [0, 0.1) is 18.7 Å². The molecular formula is C24H32FN5O3S. The van der Waals surface area contributed by atoms with Gasteiger partial charge in [-0.15, -0.1) is 0 Å². The van der Waals surface area contributed by atoms with Gasteiger partial charge in [0.2, 0.25) is 0 Å². The Morgan fingerprint density at radius 1 is 1.24 bits per heavy atom. The van der Waals surface area contributed by atoms with Gasteiger partial charge in [0.25, 0.3) is 5.91 Å². The first-order chi connectivity index (χ1) is 15.9. The predicted octanol–water partition coefficient (Wildman–Crippen LogP) is 2.83. The summed E-state index contributed by atoms with van der Waals surface area (Å²) in [5.74, 6) is -0.488. The van der Waals surface area contributed by atoms with Crippen LogP contribution in [-0.4, -0.2) is 54.8 Å². The monoisotopic (exact) mass is 489 g/mol. The number of amides is 1. The van der Waals surface area contributed by atoms with Crippen molar-refractivity contribution in [2.24, 2.45) is 11.7 Å². The number of anilines is 1. The number of halogens is 1. The van der Waals surface area contributed by atoms with Crippen LogP contribution >= 0.6 is 0 Å². The van der Waals surface area contributed by atoms with Gasteiger partial charge in [0.05, 0.1) is 11.3 Å². The molecule has 2 saturated heterocycles. The van der Waals surface area contributed by atoms with Crippen molar-refractivity contribution in [1.82, 2.24) is 14.0 Å².